The lowest BCUT2D eigenvalue weighted by Gasteiger charge is -2.09. The number of nitrogens with zero attached hydrogens (tertiary/aromatic N) is 6. The van der Waals surface area contributed by atoms with Crippen LogP contribution in [0.25, 0.3) is 5.95 Å². The van der Waals surface area contributed by atoms with Crippen molar-refractivity contribution in [3.63, 3.8) is 0 Å². The van der Waals surface area contributed by atoms with E-state index >= 15 is 0 Å². The van der Waals surface area contributed by atoms with Crippen LogP contribution in [0.1, 0.15) is 39.5 Å². The molecular formula is C14H12N8OS. The zero-order valence-corrected chi connectivity index (χ0v) is 13.3. The monoisotopic (exact) mass is 340 g/mol. The minimum Gasteiger partial charge on any atom is -0.310 e. The topological polar surface area (TPSA) is 125 Å². The van der Waals surface area contributed by atoms with Gasteiger partial charge in [-0.1, -0.05) is 0 Å². The Bertz CT molecular complexity index is 933. The Labute approximate surface area is 140 Å². The molecule has 3 aromatic heterocycles. The van der Waals surface area contributed by atoms with E-state index in [9.17, 15) is 10.1 Å². The SMILES string of the molecule is N#Cc1c(NC(=O)c2nc(-n3cnnc3)n[nH]2)sc2c1CCCC2. The zero-order chi connectivity index (χ0) is 16.5. The number of carbonyl (C=O) groups excluding carboxylic acids is 1. The predicted octanol–water partition coefficient (Wildman–Crippen LogP) is 1.45. The van der Waals surface area contributed by atoms with Gasteiger partial charge in [-0.2, -0.15) is 10.2 Å². The molecule has 3 aromatic rings. The molecule has 9 nitrogen and oxygen atoms in total. The first-order chi connectivity index (χ1) is 11.8. The number of nitrogens with one attached hydrogen (secondary N) is 2. The van der Waals surface area contributed by atoms with Gasteiger partial charge in [-0.05, 0) is 31.2 Å². The molecule has 0 aliphatic heterocycles. The molecule has 120 valence electrons. The number of rotatable bonds is 3. The van der Waals surface area contributed by atoms with Gasteiger partial charge < -0.3 is 5.32 Å². The number of carbonyl (C=O) groups is 1. The van der Waals surface area contributed by atoms with E-state index in [-0.39, 0.29) is 11.8 Å². The summed E-state index contributed by atoms with van der Waals surface area (Å²) in [5.74, 6) is -0.0954. The number of anilines is 1. The van der Waals surface area contributed by atoms with E-state index in [1.165, 1.54) is 33.4 Å². The van der Waals surface area contributed by atoms with Gasteiger partial charge in [0, 0.05) is 4.88 Å². The summed E-state index contributed by atoms with van der Waals surface area (Å²) in [6, 6.07) is 2.22. The molecule has 1 aliphatic carbocycles. The van der Waals surface area contributed by atoms with Crippen LogP contribution in [0, 0.1) is 11.3 Å². The Kier molecular flexibility index (Phi) is 3.55. The lowest BCUT2D eigenvalue weighted by atomic mass is 9.96. The first kappa shape index (κ1) is 14.5. The average molecular weight is 340 g/mol. The highest BCUT2D eigenvalue weighted by atomic mass is 32.1. The van der Waals surface area contributed by atoms with Gasteiger partial charge in [-0.3, -0.25) is 14.5 Å². The fourth-order valence-corrected chi connectivity index (χ4v) is 3.94. The van der Waals surface area contributed by atoms with Crippen molar-refractivity contribution >= 4 is 22.2 Å². The van der Waals surface area contributed by atoms with E-state index in [1.807, 2.05) is 0 Å². The van der Waals surface area contributed by atoms with Crippen LogP contribution in [0.4, 0.5) is 5.00 Å². The first-order valence-corrected chi connectivity index (χ1v) is 8.21. The predicted molar refractivity (Wildman–Crippen MR) is 84.9 cm³/mol. The number of aromatic nitrogens is 6. The van der Waals surface area contributed by atoms with E-state index < -0.39 is 5.91 Å². The molecule has 0 aromatic carbocycles. The lowest BCUT2D eigenvalue weighted by Crippen LogP contribution is -2.14. The number of hydrogen-bond donors (Lipinski definition) is 2. The van der Waals surface area contributed by atoms with E-state index in [4.69, 9.17) is 0 Å². The standard InChI is InChI=1S/C14H12N8OS/c15-5-9-8-3-1-2-4-10(8)24-13(9)19-12(23)11-18-14(21-20-11)22-6-16-17-7-22/h6-7H,1-4H2,(H,19,23)(H,18,20,21). The number of amides is 1. The second-order valence-electron chi connectivity index (χ2n) is 5.33. The third kappa shape index (κ3) is 2.44. The van der Waals surface area contributed by atoms with Crippen molar-refractivity contribution in [3.8, 4) is 12.0 Å². The number of hydrogen-bond acceptors (Lipinski definition) is 7. The van der Waals surface area contributed by atoms with Crippen LogP contribution < -0.4 is 5.32 Å². The number of aromatic amines is 1. The number of thiophene rings is 1. The quantitative estimate of drug-likeness (QED) is 0.743. The molecule has 0 radical (unpaired) electrons. The van der Waals surface area contributed by atoms with E-state index in [1.54, 1.807) is 0 Å². The van der Waals surface area contributed by atoms with Crippen LogP contribution in [0.3, 0.4) is 0 Å². The van der Waals surface area contributed by atoms with Crippen molar-refractivity contribution in [2.45, 2.75) is 25.7 Å². The fourth-order valence-electron chi connectivity index (χ4n) is 2.71. The molecule has 0 bridgehead atoms. The Morgan fingerprint density at radius 2 is 2.12 bits per heavy atom. The third-order valence-electron chi connectivity index (χ3n) is 3.85. The Morgan fingerprint density at radius 1 is 1.33 bits per heavy atom. The van der Waals surface area contributed by atoms with Crippen molar-refractivity contribution in [2.75, 3.05) is 5.32 Å². The molecule has 0 spiro atoms. The number of H-pyrrole nitrogens is 1. The van der Waals surface area contributed by atoms with Crippen molar-refractivity contribution < 1.29 is 4.79 Å². The molecule has 0 saturated heterocycles. The van der Waals surface area contributed by atoms with E-state index in [0.717, 1.165) is 31.2 Å². The van der Waals surface area contributed by atoms with E-state index in [2.05, 4.69) is 36.8 Å². The lowest BCUT2D eigenvalue weighted by molar-refractivity contribution is 0.101. The molecule has 4 rings (SSSR count). The highest BCUT2D eigenvalue weighted by molar-refractivity contribution is 7.16. The smallest absolute Gasteiger partial charge is 0.293 e. The van der Waals surface area contributed by atoms with Crippen LogP contribution in [0.2, 0.25) is 0 Å². The van der Waals surface area contributed by atoms with Gasteiger partial charge in [-0.25, -0.2) is 0 Å². The maximum atomic E-state index is 12.4. The molecule has 10 heteroatoms. The van der Waals surface area contributed by atoms with Crippen LogP contribution in [0.15, 0.2) is 12.7 Å². The highest BCUT2D eigenvalue weighted by Gasteiger charge is 2.23. The largest absolute Gasteiger partial charge is 0.310 e. The number of nitriles is 1. The van der Waals surface area contributed by atoms with Gasteiger partial charge in [0.2, 0.25) is 5.82 Å². The van der Waals surface area contributed by atoms with Gasteiger partial charge in [0.05, 0.1) is 5.56 Å². The zero-order valence-electron chi connectivity index (χ0n) is 12.5. The minimum absolute atomic E-state index is 0.0639. The summed E-state index contributed by atoms with van der Waals surface area (Å²) in [4.78, 5) is 17.7. The summed E-state index contributed by atoms with van der Waals surface area (Å²) >= 11 is 1.47. The summed E-state index contributed by atoms with van der Waals surface area (Å²) in [5.41, 5.74) is 1.65. The summed E-state index contributed by atoms with van der Waals surface area (Å²) in [7, 11) is 0. The minimum atomic E-state index is -0.433. The molecule has 3 heterocycles. The fraction of sp³-hybridized carbons (Fsp3) is 0.286. The van der Waals surface area contributed by atoms with Crippen LogP contribution in [0.5, 0.6) is 0 Å². The third-order valence-corrected chi connectivity index (χ3v) is 5.06. The Balaban J connectivity index is 1.59. The molecule has 0 fully saturated rings. The molecule has 1 aliphatic rings. The maximum Gasteiger partial charge on any atom is 0.293 e. The highest BCUT2D eigenvalue weighted by Crippen LogP contribution is 2.37. The average Bonchev–Trinajstić information content (AvgIpc) is 3.33. The molecular weight excluding hydrogens is 328 g/mol. The number of aryl methyl sites for hydroxylation is 1. The van der Waals surface area contributed by atoms with Crippen LogP contribution in [-0.4, -0.2) is 35.9 Å². The second kappa shape index (κ2) is 5.86. The molecule has 24 heavy (non-hydrogen) atoms. The molecule has 2 N–H and O–H groups in total. The normalized spacial score (nSPS) is 13.3. The summed E-state index contributed by atoms with van der Waals surface area (Å²) < 4.78 is 1.48. The van der Waals surface area contributed by atoms with Gasteiger partial charge >= 0.3 is 0 Å². The summed E-state index contributed by atoms with van der Waals surface area (Å²) in [5, 5.41) is 26.7. The molecule has 0 saturated carbocycles. The van der Waals surface area contributed by atoms with Gasteiger partial charge in [-0.15, -0.1) is 26.6 Å². The maximum absolute atomic E-state index is 12.4. The number of fused-ring (bicyclic) bond motifs is 1. The van der Waals surface area contributed by atoms with Gasteiger partial charge in [0.25, 0.3) is 11.9 Å². The Morgan fingerprint density at radius 3 is 2.92 bits per heavy atom. The first-order valence-electron chi connectivity index (χ1n) is 7.39. The second-order valence-corrected chi connectivity index (χ2v) is 6.44. The van der Waals surface area contributed by atoms with Crippen molar-refractivity contribution in [1.82, 2.24) is 29.9 Å². The van der Waals surface area contributed by atoms with Crippen molar-refractivity contribution in [2.24, 2.45) is 0 Å². The molecule has 1 amide bonds. The van der Waals surface area contributed by atoms with Crippen LogP contribution in [-0.2, 0) is 12.8 Å². The van der Waals surface area contributed by atoms with Crippen molar-refractivity contribution in [1.29, 1.82) is 5.26 Å². The summed E-state index contributed by atoms with van der Waals surface area (Å²) in [6.45, 7) is 0. The van der Waals surface area contributed by atoms with Gasteiger partial charge in [0.15, 0.2) is 0 Å². The van der Waals surface area contributed by atoms with Crippen LogP contribution >= 0.6 is 11.3 Å². The van der Waals surface area contributed by atoms with Crippen molar-refractivity contribution in [3.05, 3.63) is 34.5 Å². The van der Waals surface area contributed by atoms with Gasteiger partial charge in [0.1, 0.15) is 23.7 Å². The van der Waals surface area contributed by atoms with E-state index in [0.29, 0.717) is 10.6 Å². The summed E-state index contributed by atoms with van der Waals surface area (Å²) in [6.07, 6.45) is 6.93. The molecule has 0 unspecified atom stereocenters. The molecule has 0 atom stereocenters. The Hall–Kier alpha value is -3.06.